The number of halogens is 3. The van der Waals surface area contributed by atoms with Gasteiger partial charge < -0.3 is 5.32 Å². The van der Waals surface area contributed by atoms with E-state index in [0.29, 0.717) is 0 Å². The quantitative estimate of drug-likeness (QED) is 0.310. The summed E-state index contributed by atoms with van der Waals surface area (Å²) in [5.74, 6) is -0.206. The summed E-state index contributed by atoms with van der Waals surface area (Å²) in [7, 11) is 0. The molecular formula is C17H16Br3N3O. The topological polar surface area (TPSA) is 53.5 Å². The number of amides is 1. The smallest absolute Gasteiger partial charge is 0.259 e. The summed E-state index contributed by atoms with van der Waals surface area (Å²) in [5, 5.41) is 7.31. The van der Waals surface area contributed by atoms with Crippen molar-refractivity contribution in [1.29, 1.82) is 0 Å². The van der Waals surface area contributed by atoms with E-state index in [2.05, 4.69) is 63.6 Å². The van der Waals surface area contributed by atoms with Crippen LogP contribution in [0.1, 0.15) is 18.9 Å². The Labute approximate surface area is 166 Å². The van der Waals surface area contributed by atoms with Gasteiger partial charge in [0.25, 0.3) is 5.91 Å². The maximum Gasteiger partial charge on any atom is 0.259 e. The highest BCUT2D eigenvalue weighted by Gasteiger charge is 2.07. The first-order valence-corrected chi connectivity index (χ1v) is 9.68. The van der Waals surface area contributed by atoms with Crippen LogP contribution in [-0.4, -0.2) is 18.2 Å². The normalized spacial score (nSPS) is 11.2. The zero-order chi connectivity index (χ0) is 17.5. The number of rotatable bonds is 6. The fourth-order valence-corrected chi connectivity index (χ4v) is 3.46. The van der Waals surface area contributed by atoms with Crippen molar-refractivity contribution >= 4 is 65.1 Å². The molecule has 0 heterocycles. The van der Waals surface area contributed by atoms with Crippen molar-refractivity contribution < 1.29 is 4.79 Å². The molecule has 1 amide bonds. The lowest BCUT2D eigenvalue weighted by Gasteiger charge is -2.10. The number of carbonyl (C=O) groups is 1. The van der Waals surface area contributed by atoms with E-state index in [0.717, 1.165) is 36.8 Å². The van der Waals surface area contributed by atoms with Crippen LogP contribution in [0.2, 0.25) is 0 Å². The molecule has 126 valence electrons. The van der Waals surface area contributed by atoms with Crippen LogP contribution in [-0.2, 0) is 4.79 Å². The highest BCUT2D eigenvalue weighted by atomic mass is 79.9. The average molecular weight is 518 g/mol. The first-order valence-electron chi connectivity index (χ1n) is 7.30. The number of hydrazone groups is 1. The lowest BCUT2D eigenvalue weighted by molar-refractivity contribution is -0.119. The Kier molecular flexibility index (Phi) is 7.45. The van der Waals surface area contributed by atoms with Gasteiger partial charge in [0.15, 0.2) is 0 Å². The number of benzene rings is 2. The Balaban J connectivity index is 1.96. The van der Waals surface area contributed by atoms with Gasteiger partial charge in [0.1, 0.15) is 0 Å². The molecule has 0 saturated heterocycles. The van der Waals surface area contributed by atoms with Crippen LogP contribution in [0, 0.1) is 0 Å². The molecule has 0 aliphatic rings. The van der Waals surface area contributed by atoms with E-state index in [1.807, 2.05) is 49.4 Å². The highest BCUT2D eigenvalue weighted by Crippen LogP contribution is 2.32. The molecule has 0 aromatic heterocycles. The molecule has 0 aliphatic heterocycles. The third-order valence-corrected chi connectivity index (χ3v) is 5.71. The van der Waals surface area contributed by atoms with E-state index in [9.17, 15) is 4.79 Å². The molecule has 2 aromatic rings. The van der Waals surface area contributed by atoms with Crippen LogP contribution in [0.15, 0.2) is 61.0 Å². The second-order valence-electron chi connectivity index (χ2n) is 4.91. The molecule has 0 aliphatic carbocycles. The van der Waals surface area contributed by atoms with E-state index in [1.165, 1.54) is 0 Å². The van der Waals surface area contributed by atoms with Crippen molar-refractivity contribution in [3.8, 4) is 0 Å². The minimum atomic E-state index is -0.206. The predicted octanol–water partition coefficient (Wildman–Crippen LogP) is 5.32. The van der Waals surface area contributed by atoms with Crippen LogP contribution >= 0.6 is 47.8 Å². The lowest BCUT2D eigenvalue weighted by atomic mass is 10.1. The molecule has 2 N–H and O–H groups in total. The van der Waals surface area contributed by atoms with Gasteiger partial charge in [-0.1, -0.05) is 37.3 Å². The van der Waals surface area contributed by atoms with Gasteiger partial charge in [0, 0.05) is 13.4 Å². The third kappa shape index (κ3) is 5.43. The number of nitrogens with zero attached hydrogens (tertiary/aromatic N) is 1. The Bertz CT molecular complexity index is 748. The summed E-state index contributed by atoms with van der Waals surface area (Å²) in [6, 6.07) is 13.6. The molecule has 2 aromatic carbocycles. The highest BCUT2D eigenvalue weighted by molar-refractivity contribution is 9.13. The van der Waals surface area contributed by atoms with E-state index in [4.69, 9.17) is 0 Å². The summed E-state index contributed by atoms with van der Waals surface area (Å²) < 4.78 is 2.71. The standard InChI is InChI=1S/C17H16Br3N3O/c1-2-15(11-6-4-3-5-7-11)22-23-17(24)10-21-16-9-13(19)12(18)8-14(16)20/h3-9,21H,2,10H2,1H3,(H,23,24)/b22-15+. The van der Waals surface area contributed by atoms with Crippen molar-refractivity contribution in [2.75, 3.05) is 11.9 Å². The second kappa shape index (κ2) is 9.34. The lowest BCUT2D eigenvalue weighted by Crippen LogP contribution is -2.27. The first-order chi connectivity index (χ1) is 11.5. The van der Waals surface area contributed by atoms with Crippen molar-refractivity contribution in [2.24, 2.45) is 5.10 Å². The molecule has 24 heavy (non-hydrogen) atoms. The average Bonchev–Trinajstić information content (AvgIpc) is 2.58. The van der Waals surface area contributed by atoms with E-state index in [1.54, 1.807) is 0 Å². The SMILES string of the molecule is CC/C(=N\NC(=O)CNc1cc(Br)c(Br)cc1Br)c1ccccc1. The Hall–Kier alpha value is -1.18. The predicted molar refractivity (Wildman–Crippen MR) is 109 cm³/mol. The Morgan fingerprint density at radius 2 is 1.71 bits per heavy atom. The van der Waals surface area contributed by atoms with Crippen LogP contribution in [0.25, 0.3) is 0 Å². The van der Waals surface area contributed by atoms with E-state index in [-0.39, 0.29) is 12.5 Å². The largest absolute Gasteiger partial charge is 0.375 e. The summed E-state index contributed by atoms with van der Waals surface area (Å²) >= 11 is 10.3. The van der Waals surface area contributed by atoms with Crippen molar-refractivity contribution in [3.63, 3.8) is 0 Å². The van der Waals surface area contributed by atoms with Gasteiger partial charge in [0.05, 0.1) is 17.9 Å². The number of anilines is 1. The van der Waals surface area contributed by atoms with Gasteiger partial charge in [0.2, 0.25) is 0 Å². The monoisotopic (exact) mass is 515 g/mol. The molecule has 0 atom stereocenters. The summed E-state index contributed by atoms with van der Waals surface area (Å²) in [6.07, 6.45) is 0.739. The zero-order valence-electron chi connectivity index (χ0n) is 12.9. The van der Waals surface area contributed by atoms with Gasteiger partial charge in [-0.25, -0.2) is 5.43 Å². The molecule has 0 spiro atoms. The van der Waals surface area contributed by atoms with E-state index < -0.39 is 0 Å². The Morgan fingerprint density at radius 1 is 1.04 bits per heavy atom. The Morgan fingerprint density at radius 3 is 2.38 bits per heavy atom. The number of hydrogen-bond acceptors (Lipinski definition) is 3. The molecule has 0 bridgehead atoms. The molecule has 4 nitrogen and oxygen atoms in total. The fraction of sp³-hybridized carbons (Fsp3) is 0.176. The van der Waals surface area contributed by atoms with E-state index >= 15 is 0 Å². The molecule has 0 radical (unpaired) electrons. The van der Waals surface area contributed by atoms with Gasteiger partial charge in [-0.05, 0) is 71.9 Å². The molecular weight excluding hydrogens is 502 g/mol. The fourth-order valence-electron chi connectivity index (χ4n) is 1.98. The van der Waals surface area contributed by atoms with Gasteiger partial charge in [-0.2, -0.15) is 5.10 Å². The van der Waals surface area contributed by atoms with Crippen LogP contribution in [0.3, 0.4) is 0 Å². The van der Waals surface area contributed by atoms with Crippen molar-refractivity contribution in [3.05, 3.63) is 61.4 Å². The minimum absolute atomic E-state index is 0.127. The number of nitrogens with one attached hydrogen (secondary N) is 2. The first kappa shape index (κ1) is 19.1. The number of hydrogen-bond donors (Lipinski definition) is 2. The molecule has 2 rings (SSSR count). The second-order valence-corrected chi connectivity index (χ2v) is 7.48. The molecule has 0 unspecified atom stereocenters. The maximum atomic E-state index is 12.0. The van der Waals surface area contributed by atoms with Crippen LogP contribution < -0.4 is 10.7 Å². The number of carbonyl (C=O) groups excluding carboxylic acids is 1. The maximum absolute atomic E-state index is 12.0. The van der Waals surface area contributed by atoms with Crippen molar-refractivity contribution in [2.45, 2.75) is 13.3 Å². The van der Waals surface area contributed by atoms with Crippen LogP contribution in [0.4, 0.5) is 5.69 Å². The van der Waals surface area contributed by atoms with Crippen LogP contribution in [0.5, 0.6) is 0 Å². The molecule has 0 saturated carbocycles. The molecule has 0 fully saturated rings. The summed E-state index contributed by atoms with van der Waals surface area (Å²) in [4.78, 5) is 12.0. The van der Waals surface area contributed by atoms with Gasteiger partial charge in [-0.3, -0.25) is 4.79 Å². The summed E-state index contributed by atoms with van der Waals surface area (Å²) in [6.45, 7) is 2.13. The third-order valence-electron chi connectivity index (χ3n) is 3.21. The van der Waals surface area contributed by atoms with Gasteiger partial charge in [-0.15, -0.1) is 0 Å². The zero-order valence-corrected chi connectivity index (χ0v) is 17.7. The summed E-state index contributed by atoms with van der Waals surface area (Å²) in [5.41, 5.74) is 5.27. The minimum Gasteiger partial charge on any atom is -0.375 e. The molecule has 7 heteroatoms. The van der Waals surface area contributed by atoms with Gasteiger partial charge >= 0.3 is 0 Å². The van der Waals surface area contributed by atoms with Crippen molar-refractivity contribution in [1.82, 2.24) is 5.43 Å².